The van der Waals surface area contributed by atoms with Gasteiger partial charge in [-0.2, -0.15) is 0 Å². The SMILES string of the molecule is CCOC(=O)c1ccc2c(c1)CCCC2CNCC(OCC)OCC. The lowest BCUT2D eigenvalue weighted by atomic mass is 9.82. The van der Waals surface area contributed by atoms with Gasteiger partial charge in [-0.3, -0.25) is 0 Å². The molecule has 0 radical (unpaired) electrons. The number of carbonyl (C=O) groups is 1. The third-order valence-electron chi connectivity index (χ3n) is 4.50. The van der Waals surface area contributed by atoms with Gasteiger partial charge in [0.25, 0.3) is 0 Å². The van der Waals surface area contributed by atoms with Crippen molar-refractivity contribution in [2.45, 2.75) is 52.2 Å². The molecule has 0 bridgehead atoms. The number of fused-ring (bicyclic) bond motifs is 1. The van der Waals surface area contributed by atoms with Crippen molar-refractivity contribution in [3.8, 4) is 0 Å². The number of aryl methyl sites for hydroxylation is 1. The van der Waals surface area contributed by atoms with E-state index in [0.29, 0.717) is 37.8 Å². The molecule has 140 valence electrons. The van der Waals surface area contributed by atoms with Gasteiger partial charge in [-0.25, -0.2) is 4.79 Å². The first-order valence-corrected chi connectivity index (χ1v) is 9.43. The molecular formula is C20H31NO4. The molecule has 5 heteroatoms. The van der Waals surface area contributed by atoms with Crippen molar-refractivity contribution in [1.82, 2.24) is 5.32 Å². The summed E-state index contributed by atoms with van der Waals surface area (Å²) in [6.45, 7) is 9.06. The number of rotatable bonds is 10. The molecule has 1 atom stereocenters. The van der Waals surface area contributed by atoms with Crippen molar-refractivity contribution in [3.63, 3.8) is 0 Å². The van der Waals surface area contributed by atoms with Crippen LogP contribution in [0.25, 0.3) is 0 Å². The first-order valence-electron chi connectivity index (χ1n) is 9.43. The summed E-state index contributed by atoms with van der Waals surface area (Å²) >= 11 is 0. The number of ether oxygens (including phenoxy) is 3. The van der Waals surface area contributed by atoms with Crippen LogP contribution in [0, 0.1) is 0 Å². The molecule has 1 aliphatic rings. The third kappa shape index (κ3) is 5.80. The third-order valence-corrected chi connectivity index (χ3v) is 4.50. The molecule has 1 unspecified atom stereocenters. The summed E-state index contributed by atoms with van der Waals surface area (Å²) in [5, 5.41) is 3.48. The fourth-order valence-electron chi connectivity index (χ4n) is 3.38. The number of benzene rings is 1. The lowest BCUT2D eigenvalue weighted by Gasteiger charge is -2.27. The highest BCUT2D eigenvalue weighted by Crippen LogP contribution is 2.32. The topological polar surface area (TPSA) is 56.8 Å². The summed E-state index contributed by atoms with van der Waals surface area (Å²) < 4.78 is 16.2. The molecule has 1 N–H and O–H groups in total. The van der Waals surface area contributed by atoms with E-state index in [1.165, 1.54) is 11.1 Å². The monoisotopic (exact) mass is 349 g/mol. The molecule has 25 heavy (non-hydrogen) atoms. The molecule has 1 aliphatic carbocycles. The first-order chi connectivity index (χ1) is 12.2. The smallest absolute Gasteiger partial charge is 0.338 e. The molecule has 1 aromatic rings. The molecule has 0 amide bonds. The molecule has 0 aromatic heterocycles. The summed E-state index contributed by atoms with van der Waals surface area (Å²) in [7, 11) is 0. The second-order valence-corrected chi connectivity index (χ2v) is 6.22. The van der Waals surface area contributed by atoms with Gasteiger partial charge in [-0.05, 0) is 69.2 Å². The Morgan fingerprint density at radius 3 is 2.64 bits per heavy atom. The Hall–Kier alpha value is -1.43. The van der Waals surface area contributed by atoms with Gasteiger partial charge in [0.15, 0.2) is 6.29 Å². The summed E-state index contributed by atoms with van der Waals surface area (Å²) in [4.78, 5) is 11.9. The minimum absolute atomic E-state index is 0.191. The second-order valence-electron chi connectivity index (χ2n) is 6.22. The summed E-state index contributed by atoms with van der Waals surface area (Å²) in [6, 6.07) is 5.98. The highest BCUT2D eigenvalue weighted by molar-refractivity contribution is 5.89. The molecule has 0 fully saturated rings. The van der Waals surface area contributed by atoms with Gasteiger partial charge in [-0.1, -0.05) is 6.07 Å². The van der Waals surface area contributed by atoms with Crippen LogP contribution in [-0.2, 0) is 20.6 Å². The van der Waals surface area contributed by atoms with Crippen molar-refractivity contribution in [2.24, 2.45) is 0 Å². The summed E-state index contributed by atoms with van der Waals surface area (Å²) in [5.41, 5.74) is 3.27. The van der Waals surface area contributed by atoms with Crippen LogP contribution in [0.5, 0.6) is 0 Å². The van der Waals surface area contributed by atoms with E-state index in [9.17, 15) is 4.79 Å². The van der Waals surface area contributed by atoms with Gasteiger partial charge in [0.1, 0.15) is 0 Å². The van der Waals surface area contributed by atoms with Crippen LogP contribution in [0.15, 0.2) is 18.2 Å². The van der Waals surface area contributed by atoms with Gasteiger partial charge in [0.05, 0.1) is 12.2 Å². The Bertz CT molecular complexity index is 540. The normalized spacial score (nSPS) is 16.7. The standard InChI is InChI=1S/C20H31NO4/c1-4-23-19(24-5-2)14-21-13-17-9-7-8-15-12-16(10-11-18(15)17)20(22)25-6-3/h10-12,17,19,21H,4-9,13-14H2,1-3H3. The molecule has 0 aliphatic heterocycles. The maximum Gasteiger partial charge on any atom is 0.338 e. The lowest BCUT2D eigenvalue weighted by Crippen LogP contribution is -2.34. The number of esters is 1. The van der Waals surface area contributed by atoms with Crippen molar-refractivity contribution >= 4 is 5.97 Å². The average molecular weight is 349 g/mol. The number of hydrogen-bond donors (Lipinski definition) is 1. The average Bonchev–Trinajstić information content (AvgIpc) is 2.62. The van der Waals surface area contributed by atoms with E-state index in [-0.39, 0.29) is 12.3 Å². The maximum atomic E-state index is 11.9. The van der Waals surface area contributed by atoms with Crippen molar-refractivity contribution in [1.29, 1.82) is 0 Å². The predicted molar refractivity (Wildman–Crippen MR) is 98.0 cm³/mol. The number of hydrogen-bond acceptors (Lipinski definition) is 5. The Morgan fingerprint density at radius 2 is 1.96 bits per heavy atom. The maximum absolute atomic E-state index is 11.9. The molecule has 1 aromatic carbocycles. The van der Waals surface area contributed by atoms with Crippen LogP contribution in [0.2, 0.25) is 0 Å². The van der Waals surface area contributed by atoms with Gasteiger partial charge in [-0.15, -0.1) is 0 Å². The minimum Gasteiger partial charge on any atom is -0.462 e. The van der Waals surface area contributed by atoms with E-state index >= 15 is 0 Å². The summed E-state index contributed by atoms with van der Waals surface area (Å²) in [6.07, 6.45) is 3.14. The highest BCUT2D eigenvalue weighted by atomic mass is 16.7. The van der Waals surface area contributed by atoms with E-state index in [1.807, 2.05) is 32.9 Å². The van der Waals surface area contributed by atoms with Crippen LogP contribution in [0.3, 0.4) is 0 Å². The van der Waals surface area contributed by atoms with Crippen molar-refractivity contribution in [3.05, 3.63) is 34.9 Å². The first kappa shape index (κ1) is 19.9. The molecule has 5 nitrogen and oxygen atoms in total. The lowest BCUT2D eigenvalue weighted by molar-refractivity contribution is -0.132. The molecule has 2 rings (SSSR count). The highest BCUT2D eigenvalue weighted by Gasteiger charge is 2.22. The van der Waals surface area contributed by atoms with E-state index in [2.05, 4.69) is 11.4 Å². The van der Waals surface area contributed by atoms with Gasteiger partial charge in [0.2, 0.25) is 0 Å². The van der Waals surface area contributed by atoms with E-state index in [1.54, 1.807) is 0 Å². The molecular weight excluding hydrogens is 318 g/mol. The van der Waals surface area contributed by atoms with E-state index in [0.717, 1.165) is 25.8 Å². The van der Waals surface area contributed by atoms with Crippen LogP contribution in [0.1, 0.15) is 61.0 Å². The van der Waals surface area contributed by atoms with Crippen LogP contribution in [0.4, 0.5) is 0 Å². The van der Waals surface area contributed by atoms with Gasteiger partial charge >= 0.3 is 5.97 Å². The second kappa shape index (κ2) is 10.5. The van der Waals surface area contributed by atoms with E-state index in [4.69, 9.17) is 14.2 Å². The molecule has 0 heterocycles. The zero-order valence-corrected chi connectivity index (χ0v) is 15.7. The molecule has 0 spiro atoms. The zero-order chi connectivity index (χ0) is 18.1. The number of nitrogens with one attached hydrogen (secondary N) is 1. The minimum atomic E-state index is -0.234. The van der Waals surface area contributed by atoms with Gasteiger partial charge < -0.3 is 19.5 Å². The van der Waals surface area contributed by atoms with Crippen molar-refractivity contribution in [2.75, 3.05) is 32.9 Å². The summed E-state index contributed by atoms with van der Waals surface area (Å²) in [5.74, 6) is 0.228. The quantitative estimate of drug-likeness (QED) is 0.519. The fourth-order valence-corrected chi connectivity index (χ4v) is 3.38. The molecule has 0 saturated heterocycles. The van der Waals surface area contributed by atoms with Gasteiger partial charge in [0, 0.05) is 26.3 Å². The van der Waals surface area contributed by atoms with Crippen molar-refractivity contribution < 1.29 is 19.0 Å². The predicted octanol–water partition coefficient (Wildman–Crippen LogP) is 3.27. The zero-order valence-electron chi connectivity index (χ0n) is 15.7. The fraction of sp³-hybridized carbons (Fsp3) is 0.650. The van der Waals surface area contributed by atoms with E-state index < -0.39 is 0 Å². The Labute approximate surface area is 151 Å². The van der Waals surface area contributed by atoms with Crippen LogP contribution in [-0.4, -0.2) is 45.2 Å². The van der Waals surface area contributed by atoms with Crippen LogP contribution < -0.4 is 5.32 Å². The molecule has 0 saturated carbocycles. The Morgan fingerprint density at radius 1 is 1.20 bits per heavy atom. The Kier molecular flexibility index (Phi) is 8.38. The number of carbonyl (C=O) groups excluding carboxylic acids is 1. The van der Waals surface area contributed by atoms with Crippen LogP contribution >= 0.6 is 0 Å². The largest absolute Gasteiger partial charge is 0.462 e. The Balaban J connectivity index is 1.95.